The van der Waals surface area contributed by atoms with Crippen LogP contribution in [0.15, 0.2) is 65.4 Å². The molecule has 1 N–H and O–H groups in total. The summed E-state index contributed by atoms with van der Waals surface area (Å²) in [5.74, 6) is 0.861. The number of rotatable bonds is 9. The fourth-order valence-corrected chi connectivity index (χ4v) is 6.86. The Morgan fingerprint density at radius 1 is 0.971 bits per heavy atom. The van der Waals surface area contributed by atoms with Gasteiger partial charge in [-0.05, 0) is 60.2 Å². The molecule has 3 aliphatic rings. The van der Waals surface area contributed by atoms with Crippen molar-refractivity contribution in [3.05, 3.63) is 75.1 Å². The zero-order valence-corrected chi connectivity index (χ0v) is 22.2. The Morgan fingerprint density at radius 2 is 1.56 bits per heavy atom. The maximum Gasteiger partial charge on any atom is 0.352 e. The summed E-state index contributed by atoms with van der Waals surface area (Å²) in [4.78, 5) is 14.6. The number of ether oxygens (including phenoxy) is 2. The molecule has 1 aromatic carbocycles. The van der Waals surface area contributed by atoms with E-state index in [0.717, 1.165) is 16.9 Å². The summed E-state index contributed by atoms with van der Waals surface area (Å²) >= 11 is 2.69. The van der Waals surface area contributed by atoms with Gasteiger partial charge in [-0.25, -0.2) is 4.79 Å². The summed E-state index contributed by atoms with van der Waals surface area (Å²) in [6.07, 6.45) is 3.70. The summed E-state index contributed by atoms with van der Waals surface area (Å²) < 4.78 is 13.2. The number of benzene rings is 1. The molecule has 6 rings (SSSR count). The Morgan fingerprint density at radius 3 is 2.09 bits per heavy atom. The second-order valence-corrected chi connectivity index (χ2v) is 11.1. The Bertz CT molecular complexity index is 986. The molecule has 8 heteroatoms. The number of carbonyl (C=O) groups excluding carboxylic acids is 1. The highest BCUT2D eigenvalue weighted by molar-refractivity contribution is 7.12. The third kappa shape index (κ3) is 5.26. The van der Waals surface area contributed by atoms with Crippen molar-refractivity contribution < 1.29 is 40.8 Å². The first kappa shape index (κ1) is 25.4. The minimum Gasteiger partial charge on any atom is -1.00 e. The number of nitrogens with zero attached hydrogens (tertiary/aromatic N) is 1. The quantitative estimate of drug-likeness (QED) is 0.246. The molecule has 5 heterocycles. The molecular formula is C26H30BrNO4S2. The van der Waals surface area contributed by atoms with E-state index in [4.69, 9.17) is 9.47 Å². The Labute approximate surface area is 219 Å². The van der Waals surface area contributed by atoms with Crippen LogP contribution in [0.5, 0.6) is 5.75 Å². The van der Waals surface area contributed by atoms with E-state index in [1.165, 1.54) is 61.6 Å². The SMILES string of the molecule is O=C(O[C@H](CC[N+]12CCC(CC1)CC2)Oc1ccccc1)C(O)(c1cccs1)c1cccs1.[Br-]. The van der Waals surface area contributed by atoms with Crippen molar-refractivity contribution in [1.29, 1.82) is 0 Å². The largest absolute Gasteiger partial charge is 1.00 e. The number of halogens is 1. The van der Waals surface area contributed by atoms with Crippen molar-refractivity contribution in [2.45, 2.75) is 37.6 Å². The second kappa shape index (κ2) is 10.9. The molecule has 0 spiro atoms. The molecular weight excluding hydrogens is 534 g/mol. The van der Waals surface area contributed by atoms with Gasteiger partial charge in [0.2, 0.25) is 11.9 Å². The minimum atomic E-state index is -1.84. The van der Waals surface area contributed by atoms with Crippen LogP contribution in [0.1, 0.15) is 35.4 Å². The second-order valence-electron chi connectivity index (χ2n) is 9.19. The van der Waals surface area contributed by atoms with Gasteiger partial charge in [0.15, 0.2) is 0 Å². The van der Waals surface area contributed by atoms with Crippen molar-refractivity contribution in [3.63, 3.8) is 0 Å². The average molecular weight is 565 g/mol. The zero-order chi connectivity index (χ0) is 22.7. The lowest BCUT2D eigenvalue weighted by molar-refractivity contribution is -0.943. The van der Waals surface area contributed by atoms with Crippen LogP contribution in [0.4, 0.5) is 0 Å². The number of hydrogen-bond donors (Lipinski definition) is 1. The lowest BCUT2D eigenvalue weighted by atomic mass is 9.85. The van der Waals surface area contributed by atoms with Crippen molar-refractivity contribution in [3.8, 4) is 5.75 Å². The van der Waals surface area contributed by atoms with Gasteiger partial charge in [-0.3, -0.25) is 0 Å². The molecule has 3 saturated heterocycles. The number of esters is 1. The Hall–Kier alpha value is -1.71. The predicted molar refractivity (Wildman–Crippen MR) is 130 cm³/mol. The van der Waals surface area contributed by atoms with E-state index in [2.05, 4.69) is 0 Å². The van der Waals surface area contributed by atoms with Gasteiger partial charge in [0.05, 0.1) is 42.4 Å². The van der Waals surface area contributed by atoms with Crippen LogP contribution in [0.25, 0.3) is 0 Å². The lowest BCUT2D eigenvalue weighted by Crippen LogP contribution is -3.00. The highest BCUT2D eigenvalue weighted by Crippen LogP contribution is 2.38. The smallest absolute Gasteiger partial charge is 0.352 e. The van der Waals surface area contributed by atoms with E-state index >= 15 is 0 Å². The molecule has 3 fully saturated rings. The number of aliphatic hydroxyl groups is 1. The van der Waals surface area contributed by atoms with E-state index in [9.17, 15) is 9.90 Å². The van der Waals surface area contributed by atoms with Crippen LogP contribution >= 0.6 is 22.7 Å². The van der Waals surface area contributed by atoms with E-state index in [0.29, 0.717) is 21.9 Å². The number of hydrogen-bond acceptors (Lipinski definition) is 6. The fourth-order valence-electron chi connectivity index (χ4n) is 5.14. The predicted octanol–water partition coefficient (Wildman–Crippen LogP) is 2.02. The number of para-hydroxylation sites is 1. The van der Waals surface area contributed by atoms with Crippen molar-refractivity contribution >= 4 is 28.6 Å². The minimum absolute atomic E-state index is 0. The number of carbonyl (C=O) groups is 1. The summed E-state index contributed by atoms with van der Waals surface area (Å²) in [6, 6.07) is 16.7. The normalized spacial score (nSPS) is 22.6. The molecule has 0 unspecified atom stereocenters. The Balaban J connectivity index is 0.00000274. The van der Waals surface area contributed by atoms with Crippen LogP contribution in [-0.2, 0) is 15.1 Å². The van der Waals surface area contributed by atoms with Gasteiger partial charge in [-0.2, -0.15) is 0 Å². The van der Waals surface area contributed by atoms with E-state index in [1.54, 1.807) is 12.1 Å². The molecule has 0 saturated carbocycles. The first-order valence-electron chi connectivity index (χ1n) is 11.7. The average Bonchev–Trinajstić information content (AvgIpc) is 3.59. The molecule has 0 radical (unpaired) electrons. The van der Waals surface area contributed by atoms with E-state index < -0.39 is 17.9 Å². The molecule has 0 aliphatic carbocycles. The summed E-state index contributed by atoms with van der Waals surface area (Å²) in [5, 5.41) is 15.3. The molecule has 182 valence electrons. The van der Waals surface area contributed by atoms with E-state index in [1.807, 2.05) is 53.2 Å². The summed E-state index contributed by atoms with van der Waals surface area (Å²) in [5.41, 5.74) is -1.84. The number of quaternary nitrogens is 1. The molecule has 3 aliphatic heterocycles. The van der Waals surface area contributed by atoms with Crippen LogP contribution in [0.3, 0.4) is 0 Å². The number of thiophene rings is 2. The molecule has 34 heavy (non-hydrogen) atoms. The molecule has 2 bridgehead atoms. The third-order valence-corrected chi connectivity index (χ3v) is 9.13. The highest BCUT2D eigenvalue weighted by atomic mass is 79.9. The van der Waals surface area contributed by atoms with Gasteiger partial charge in [0, 0.05) is 0 Å². The van der Waals surface area contributed by atoms with Crippen LogP contribution in [-0.4, -0.2) is 48.0 Å². The van der Waals surface area contributed by atoms with Gasteiger partial charge < -0.3 is 36.0 Å². The summed E-state index contributed by atoms with van der Waals surface area (Å²) in [6.45, 7) is 4.51. The molecule has 1 atom stereocenters. The molecule has 2 aromatic heterocycles. The topological polar surface area (TPSA) is 55.8 Å². The molecule has 5 nitrogen and oxygen atoms in total. The van der Waals surface area contributed by atoms with Gasteiger partial charge >= 0.3 is 5.97 Å². The Kier molecular flexibility index (Phi) is 8.15. The van der Waals surface area contributed by atoms with Gasteiger partial charge in [-0.15, -0.1) is 22.7 Å². The van der Waals surface area contributed by atoms with Crippen molar-refractivity contribution in [2.24, 2.45) is 5.92 Å². The monoisotopic (exact) mass is 563 g/mol. The van der Waals surface area contributed by atoms with Crippen LogP contribution < -0.4 is 21.7 Å². The maximum atomic E-state index is 13.5. The first-order valence-corrected chi connectivity index (χ1v) is 13.4. The van der Waals surface area contributed by atoms with Crippen LogP contribution in [0.2, 0.25) is 0 Å². The van der Waals surface area contributed by atoms with Gasteiger partial charge in [-0.1, -0.05) is 30.3 Å². The first-order chi connectivity index (χ1) is 16.1. The highest BCUT2D eigenvalue weighted by Gasteiger charge is 2.46. The standard InChI is InChI=1S/C26H30NO4S2.BrH/c28-25(26(29,22-8-4-18-32-22)23-9-5-19-33-23)31-24(30-21-6-2-1-3-7-21)13-17-27-14-10-20(11-15-27)12-16-27;/h1-9,18-20,24,29H,10-17H2;1H/q+1;/p-1/t20?,24-,27?;/m1./s1. The fraction of sp³-hybridized carbons (Fsp3) is 0.423. The maximum absolute atomic E-state index is 13.5. The zero-order valence-electron chi connectivity index (χ0n) is 19.0. The van der Waals surface area contributed by atoms with Crippen molar-refractivity contribution in [2.75, 3.05) is 26.2 Å². The van der Waals surface area contributed by atoms with Crippen molar-refractivity contribution in [1.82, 2.24) is 0 Å². The van der Waals surface area contributed by atoms with Gasteiger partial charge in [0.1, 0.15) is 5.75 Å². The lowest BCUT2D eigenvalue weighted by Gasteiger charge is -2.49. The van der Waals surface area contributed by atoms with Crippen LogP contribution in [0, 0.1) is 5.92 Å². The van der Waals surface area contributed by atoms with Gasteiger partial charge in [0.25, 0.3) is 0 Å². The van der Waals surface area contributed by atoms with E-state index in [-0.39, 0.29) is 17.0 Å². The third-order valence-electron chi connectivity index (χ3n) is 7.17. The molecule has 0 amide bonds. The number of fused-ring (bicyclic) bond motifs is 3. The summed E-state index contributed by atoms with van der Waals surface area (Å²) in [7, 11) is 0. The number of piperidine rings is 3. The molecule has 3 aromatic rings.